The van der Waals surface area contributed by atoms with Crippen molar-refractivity contribution in [3.63, 3.8) is 0 Å². The molecule has 0 radical (unpaired) electrons. The summed E-state index contributed by atoms with van der Waals surface area (Å²) in [5, 5.41) is 0. The molecule has 4 nitrogen and oxygen atoms in total. The fraction of sp³-hybridized carbons (Fsp3) is 0.600. The highest BCUT2D eigenvalue weighted by Crippen LogP contribution is 2.21. The third-order valence-electron chi connectivity index (χ3n) is 4.04. The average molecular weight is 296 g/mol. The number of likely N-dealkylation sites (tertiary alicyclic amines) is 1. The third kappa shape index (κ3) is 4.04. The van der Waals surface area contributed by atoms with Crippen LogP contribution in [0.15, 0.2) is 29.2 Å². The molecule has 0 saturated carbocycles. The predicted octanol–water partition coefficient (Wildman–Crippen LogP) is 1.65. The Morgan fingerprint density at radius 1 is 1.35 bits per heavy atom. The standard InChI is InChI=1S/C15H24N2O2S/c1-12(16)14-4-3-9-17(11-14)10-13-5-7-15(8-6-13)20(2,18)19/h5-8,12,14H,3-4,9-11,16H2,1-2H3. The Morgan fingerprint density at radius 2 is 2.00 bits per heavy atom. The molecule has 1 aliphatic heterocycles. The van der Waals surface area contributed by atoms with Crippen LogP contribution in [0.5, 0.6) is 0 Å². The molecule has 1 aromatic carbocycles. The smallest absolute Gasteiger partial charge is 0.175 e. The van der Waals surface area contributed by atoms with Crippen LogP contribution in [0.2, 0.25) is 0 Å². The van der Waals surface area contributed by atoms with Gasteiger partial charge in [0.15, 0.2) is 9.84 Å². The quantitative estimate of drug-likeness (QED) is 0.917. The normalized spacial score (nSPS) is 22.6. The summed E-state index contributed by atoms with van der Waals surface area (Å²) in [4.78, 5) is 2.79. The van der Waals surface area contributed by atoms with Gasteiger partial charge in [0.25, 0.3) is 0 Å². The Hall–Kier alpha value is -0.910. The number of hydrogen-bond acceptors (Lipinski definition) is 4. The number of nitrogens with two attached hydrogens (primary N) is 1. The SMILES string of the molecule is CC(N)C1CCCN(Cc2ccc(S(C)(=O)=O)cc2)C1. The second-order valence-corrected chi connectivity index (χ2v) is 7.93. The van der Waals surface area contributed by atoms with E-state index in [0.29, 0.717) is 10.8 Å². The molecule has 2 unspecified atom stereocenters. The molecule has 1 fully saturated rings. The van der Waals surface area contributed by atoms with Crippen LogP contribution in [-0.4, -0.2) is 38.7 Å². The maximum absolute atomic E-state index is 11.4. The summed E-state index contributed by atoms with van der Waals surface area (Å²) in [5.41, 5.74) is 7.15. The molecule has 0 bridgehead atoms. The van der Waals surface area contributed by atoms with Crippen molar-refractivity contribution in [2.24, 2.45) is 11.7 Å². The highest BCUT2D eigenvalue weighted by molar-refractivity contribution is 7.90. The molecule has 20 heavy (non-hydrogen) atoms. The summed E-state index contributed by atoms with van der Waals surface area (Å²) in [6.45, 7) is 5.07. The lowest BCUT2D eigenvalue weighted by atomic mass is 9.92. The molecule has 2 rings (SSSR count). The van der Waals surface area contributed by atoms with Gasteiger partial charge in [0, 0.05) is 25.4 Å². The molecule has 0 aliphatic carbocycles. The van der Waals surface area contributed by atoms with Crippen LogP contribution in [0, 0.1) is 5.92 Å². The monoisotopic (exact) mass is 296 g/mol. The van der Waals surface area contributed by atoms with Crippen molar-refractivity contribution < 1.29 is 8.42 Å². The second kappa shape index (κ2) is 6.24. The van der Waals surface area contributed by atoms with Crippen molar-refractivity contribution >= 4 is 9.84 Å². The van der Waals surface area contributed by atoms with Crippen LogP contribution in [0.1, 0.15) is 25.3 Å². The lowest BCUT2D eigenvalue weighted by Gasteiger charge is -2.34. The number of hydrogen-bond donors (Lipinski definition) is 1. The molecule has 1 aliphatic rings. The van der Waals surface area contributed by atoms with Crippen LogP contribution < -0.4 is 5.73 Å². The maximum atomic E-state index is 11.4. The van der Waals surface area contributed by atoms with E-state index in [2.05, 4.69) is 11.8 Å². The van der Waals surface area contributed by atoms with Gasteiger partial charge in [-0.05, 0) is 49.9 Å². The van der Waals surface area contributed by atoms with Gasteiger partial charge in [0.05, 0.1) is 4.90 Å². The van der Waals surface area contributed by atoms with Gasteiger partial charge in [0.1, 0.15) is 0 Å². The van der Waals surface area contributed by atoms with E-state index < -0.39 is 9.84 Å². The second-order valence-electron chi connectivity index (χ2n) is 5.91. The highest BCUT2D eigenvalue weighted by atomic mass is 32.2. The van der Waals surface area contributed by atoms with E-state index in [1.807, 2.05) is 12.1 Å². The fourth-order valence-electron chi connectivity index (χ4n) is 2.76. The van der Waals surface area contributed by atoms with E-state index in [9.17, 15) is 8.42 Å². The molecule has 1 saturated heterocycles. The summed E-state index contributed by atoms with van der Waals surface area (Å²) in [7, 11) is -3.10. The Labute approximate surface area is 121 Å². The van der Waals surface area contributed by atoms with Crippen molar-refractivity contribution in [2.45, 2.75) is 37.2 Å². The maximum Gasteiger partial charge on any atom is 0.175 e. The molecule has 2 N–H and O–H groups in total. The van der Waals surface area contributed by atoms with Gasteiger partial charge in [-0.2, -0.15) is 0 Å². The van der Waals surface area contributed by atoms with E-state index in [-0.39, 0.29) is 6.04 Å². The number of sulfone groups is 1. The summed E-state index contributed by atoms with van der Waals surface area (Å²) in [6, 6.07) is 7.44. The first-order valence-corrected chi connectivity index (χ1v) is 9.02. The molecule has 1 heterocycles. The highest BCUT2D eigenvalue weighted by Gasteiger charge is 2.22. The average Bonchev–Trinajstić information content (AvgIpc) is 2.38. The predicted molar refractivity (Wildman–Crippen MR) is 81.2 cm³/mol. The first kappa shape index (κ1) is 15.5. The van der Waals surface area contributed by atoms with Crippen molar-refractivity contribution in [1.82, 2.24) is 4.90 Å². The number of piperidine rings is 1. The van der Waals surface area contributed by atoms with E-state index in [4.69, 9.17) is 5.73 Å². The molecular weight excluding hydrogens is 272 g/mol. The third-order valence-corrected chi connectivity index (χ3v) is 5.17. The summed E-state index contributed by atoms with van der Waals surface area (Å²) in [5.74, 6) is 0.569. The van der Waals surface area contributed by atoms with Crippen LogP contribution in [0.25, 0.3) is 0 Å². The van der Waals surface area contributed by atoms with Crippen molar-refractivity contribution in [3.05, 3.63) is 29.8 Å². The van der Waals surface area contributed by atoms with Crippen LogP contribution >= 0.6 is 0 Å². The summed E-state index contributed by atoms with van der Waals surface area (Å²) < 4.78 is 22.9. The minimum absolute atomic E-state index is 0.241. The van der Waals surface area contributed by atoms with Gasteiger partial charge in [-0.1, -0.05) is 12.1 Å². The van der Waals surface area contributed by atoms with Crippen LogP contribution in [0.4, 0.5) is 0 Å². The number of nitrogens with zero attached hydrogens (tertiary/aromatic N) is 1. The lowest BCUT2D eigenvalue weighted by Crippen LogP contribution is -2.41. The lowest BCUT2D eigenvalue weighted by molar-refractivity contribution is 0.154. The van der Waals surface area contributed by atoms with Gasteiger partial charge < -0.3 is 5.73 Å². The molecule has 0 spiro atoms. The molecular formula is C15H24N2O2S. The largest absolute Gasteiger partial charge is 0.328 e. The van der Waals surface area contributed by atoms with E-state index in [1.54, 1.807) is 12.1 Å². The Kier molecular flexibility index (Phi) is 4.83. The zero-order valence-electron chi connectivity index (χ0n) is 12.2. The molecule has 0 aromatic heterocycles. The van der Waals surface area contributed by atoms with Crippen molar-refractivity contribution in [1.29, 1.82) is 0 Å². The van der Waals surface area contributed by atoms with Gasteiger partial charge in [-0.25, -0.2) is 8.42 Å². The fourth-order valence-corrected chi connectivity index (χ4v) is 3.39. The van der Waals surface area contributed by atoms with Gasteiger partial charge in [-0.15, -0.1) is 0 Å². The minimum atomic E-state index is -3.10. The Balaban J connectivity index is 2.00. The van der Waals surface area contributed by atoms with Gasteiger partial charge in [0.2, 0.25) is 0 Å². The van der Waals surface area contributed by atoms with Crippen LogP contribution in [-0.2, 0) is 16.4 Å². The first-order chi connectivity index (χ1) is 9.36. The van der Waals surface area contributed by atoms with E-state index in [1.165, 1.54) is 19.1 Å². The minimum Gasteiger partial charge on any atom is -0.328 e. The number of rotatable bonds is 4. The summed E-state index contributed by atoms with van der Waals surface area (Å²) in [6.07, 6.45) is 3.63. The molecule has 2 atom stereocenters. The van der Waals surface area contributed by atoms with E-state index in [0.717, 1.165) is 25.2 Å². The van der Waals surface area contributed by atoms with Crippen molar-refractivity contribution in [3.8, 4) is 0 Å². The topological polar surface area (TPSA) is 63.4 Å². The van der Waals surface area contributed by atoms with E-state index >= 15 is 0 Å². The first-order valence-electron chi connectivity index (χ1n) is 7.13. The zero-order valence-corrected chi connectivity index (χ0v) is 13.1. The van der Waals surface area contributed by atoms with Gasteiger partial charge >= 0.3 is 0 Å². The van der Waals surface area contributed by atoms with Gasteiger partial charge in [-0.3, -0.25) is 4.90 Å². The zero-order chi connectivity index (χ0) is 14.8. The number of benzene rings is 1. The molecule has 0 amide bonds. The Bertz CT molecular complexity index is 537. The molecule has 5 heteroatoms. The molecule has 1 aromatic rings. The van der Waals surface area contributed by atoms with Crippen molar-refractivity contribution in [2.75, 3.05) is 19.3 Å². The van der Waals surface area contributed by atoms with Crippen LogP contribution in [0.3, 0.4) is 0 Å². The summed E-state index contributed by atoms with van der Waals surface area (Å²) >= 11 is 0. The Morgan fingerprint density at radius 3 is 2.55 bits per heavy atom. The molecule has 112 valence electrons.